The van der Waals surface area contributed by atoms with E-state index in [2.05, 4.69) is 17.4 Å². The highest BCUT2D eigenvalue weighted by Gasteiger charge is 2.45. The average molecular weight is 314 g/mol. The number of carbonyl (C=O) groups is 1. The maximum atomic E-state index is 13.0. The third-order valence-electron chi connectivity index (χ3n) is 5.66. The number of likely N-dealkylation sites (tertiary alicyclic amines) is 1. The van der Waals surface area contributed by atoms with Crippen molar-refractivity contribution < 1.29 is 9.53 Å². The van der Waals surface area contributed by atoms with E-state index in [0.29, 0.717) is 12.0 Å². The first-order valence-corrected chi connectivity index (χ1v) is 8.87. The fourth-order valence-corrected chi connectivity index (χ4v) is 4.40. The van der Waals surface area contributed by atoms with Crippen LogP contribution in [0.2, 0.25) is 0 Å². The first kappa shape index (κ1) is 15.0. The Labute approximate surface area is 138 Å². The molecule has 2 fully saturated rings. The largest absolute Gasteiger partial charge is 0.478 e. The lowest BCUT2D eigenvalue weighted by Crippen LogP contribution is -2.51. The summed E-state index contributed by atoms with van der Waals surface area (Å²) in [4.78, 5) is 15.1. The third kappa shape index (κ3) is 2.63. The van der Waals surface area contributed by atoms with Crippen molar-refractivity contribution >= 4 is 5.91 Å². The Morgan fingerprint density at radius 3 is 2.96 bits per heavy atom. The van der Waals surface area contributed by atoms with Crippen LogP contribution in [0, 0.1) is 5.92 Å². The number of aryl methyl sites for hydroxylation is 2. The molecule has 2 atom stereocenters. The normalized spacial score (nSPS) is 26.3. The van der Waals surface area contributed by atoms with Gasteiger partial charge in [-0.1, -0.05) is 6.07 Å². The first-order valence-electron chi connectivity index (χ1n) is 8.87. The maximum Gasteiger partial charge on any atom is 0.266 e. The van der Waals surface area contributed by atoms with Crippen LogP contribution in [0.5, 0.6) is 5.75 Å². The molecule has 1 aliphatic carbocycles. The van der Waals surface area contributed by atoms with Crippen molar-refractivity contribution in [1.29, 1.82) is 0 Å². The van der Waals surface area contributed by atoms with Gasteiger partial charge in [-0.3, -0.25) is 4.79 Å². The highest BCUT2D eigenvalue weighted by atomic mass is 16.5. The second-order valence-corrected chi connectivity index (χ2v) is 7.67. The fraction of sp³-hybridized carbons (Fsp3) is 0.632. The van der Waals surface area contributed by atoms with E-state index in [1.165, 1.54) is 24.0 Å². The Balaban J connectivity index is 1.49. The van der Waals surface area contributed by atoms with Crippen LogP contribution in [0.3, 0.4) is 0 Å². The number of benzene rings is 1. The van der Waals surface area contributed by atoms with Crippen molar-refractivity contribution in [2.45, 2.75) is 51.2 Å². The number of fused-ring (bicyclic) bond motifs is 2. The minimum absolute atomic E-state index is 0.120. The van der Waals surface area contributed by atoms with Crippen molar-refractivity contribution in [2.75, 3.05) is 19.6 Å². The van der Waals surface area contributed by atoms with Gasteiger partial charge in [0.2, 0.25) is 0 Å². The molecule has 2 aliphatic heterocycles. The molecular weight excluding hydrogens is 288 g/mol. The molecule has 4 rings (SSSR count). The van der Waals surface area contributed by atoms with Gasteiger partial charge in [0.15, 0.2) is 5.60 Å². The molecular formula is C19H26N2O2. The highest BCUT2D eigenvalue weighted by Crippen LogP contribution is 2.32. The summed E-state index contributed by atoms with van der Waals surface area (Å²) >= 11 is 0. The van der Waals surface area contributed by atoms with Crippen molar-refractivity contribution in [3.8, 4) is 5.75 Å². The monoisotopic (exact) mass is 314 g/mol. The van der Waals surface area contributed by atoms with Gasteiger partial charge in [0.05, 0.1) is 0 Å². The van der Waals surface area contributed by atoms with E-state index in [9.17, 15) is 4.79 Å². The standard InChI is InChI=1S/C19H26N2O2/c1-19(2,18(22)21-9-8-15-11-20-12-17(15)21)23-16-7-6-13-4-3-5-14(13)10-16/h6-7,10,15,17,20H,3-5,8-9,11-12H2,1-2H3/t15-,17+/m1/s1. The van der Waals surface area contributed by atoms with Crippen LogP contribution in [0.4, 0.5) is 0 Å². The van der Waals surface area contributed by atoms with Crippen molar-refractivity contribution in [3.63, 3.8) is 0 Å². The van der Waals surface area contributed by atoms with Gasteiger partial charge in [-0.2, -0.15) is 0 Å². The summed E-state index contributed by atoms with van der Waals surface area (Å²) in [5.74, 6) is 1.56. The van der Waals surface area contributed by atoms with Gasteiger partial charge in [0.25, 0.3) is 5.91 Å². The molecule has 0 radical (unpaired) electrons. The van der Waals surface area contributed by atoms with Gasteiger partial charge < -0.3 is 15.0 Å². The molecule has 3 aliphatic rings. The number of ether oxygens (including phenoxy) is 1. The Bertz CT molecular complexity index is 626. The summed E-state index contributed by atoms with van der Waals surface area (Å²) < 4.78 is 6.14. The zero-order valence-electron chi connectivity index (χ0n) is 14.1. The van der Waals surface area contributed by atoms with Gasteiger partial charge in [0, 0.05) is 25.7 Å². The predicted molar refractivity (Wildman–Crippen MR) is 89.7 cm³/mol. The maximum absolute atomic E-state index is 13.0. The van der Waals surface area contributed by atoms with Crippen molar-refractivity contribution in [1.82, 2.24) is 10.2 Å². The summed E-state index contributed by atoms with van der Waals surface area (Å²) in [6, 6.07) is 6.65. The summed E-state index contributed by atoms with van der Waals surface area (Å²) in [7, 11) is 0. The lowest BCUT2D eigenvalue weighted by Gasteiger charge is -2.33. The quantitative estimate of drug-likeness (QED) is 0.929. The topological polar surface area (TPSA) is 41.6 Å². The van der Waals surface area contributed by atoms with Gasteiger partial charge in [-0.15, -0.1) is 0 Å². The lowest BCUT2D eigenvalue weighted by molar-refractivity contribution is -0.146. The molecule has 1 aromatic carbocycles. The molecule has 1 amide bonds. The number of amides is 1. The summed E-state index contributed by atoms with van der Waals surface area (Å²) in [6.45, 7) is 6.63. The van der Waals surface area contributed by atoms with E-state index >= 15 is 0 Å². The molecule has 124 valence electrons. The van der Waals surface area contributed by atoms with Crippen LogP contribution >= 0.6 is 0 Å². The minimum Gasteiger partial charge on any atom is -0.478 e. The minimum atomic E-state index is -0.815. The number of carbonyl (C=O) groups excluding carboxylic acids is 1. The van der Waals surface area contributed by atoms with Crippen LogP contribution in [0.1, 0.15) is 37.8 Å². The van der Waals surface area contributed by atoms with E-state index in [1.54, 1.807) is 0 Å². The molecule has 1 N–H and O–H groups in total. The second-order valence-electron chi connectivity index (χ2n) is 7.67. The van der Waals surface area contributed by atoms with E-state index in [0.717, 1.165) is 38.2 Å². The van der Waals surface area contributed by atoms with Gasteiger partial charge in [0.1, 0.15) is 5.75 Å². The molecule has 4 heteroatoms. The third-order valence-corrected chi connectivity index (χ3v) is 5.66. The molecule has 23 heavy (non-hydrogen) atoms. The van der Waals surface area contributed by atoms with Gasteiger partial charge in [-0.25, -0.2) is 0 Å². The number of nitrogens with zero attached hydrogens (tertiary/aromatic N) is 1. The molecule has 0 saturated carbocycles. The number of nitrogens with one attached hydrogen (secondary N) is 1. The zero-order valence-corrected chi connectivity index (χ0v) is 14.1. The molecule has 1 aromatic rings. The Morgan fingerprint density at radius 2 is 2.09 bits per heavy atom. The Morgan fingerprint density at radius 1 is 1.26 bits per heavy atom. The molecule has 0 bridgehead atoms. The van der Waals surface area contributed by atoms with E-state index in [-0.39, 0.29) is 5.91 Å². The van der Waals surface area contributed by atoms with Crippen molar-refractivity contribution in [3.05, 3.63) is 29.3 Å². The van der Waals surface area contributed by atoms with E-state index < -0.39 is 5.60 Å². The summed E-state index contributed by atoms with van der Waals surface area (Å²) in [5, 5.41) is 3.40. The van der Waals surface area contributed by atoms with E-state index in [1.807, 2.05) is 24.8 Å². The zero-order chi connectivity index (χ0) is 16.0. The molecule has 2 saturated heterocycles. The average Bonchev–Trinajstić information content (AvgIpc) is 3.21. The first-order chi connectivity index (χ1) is 11.0. The summed E-state index contributed by atoms with van der Waals surface area (Å²) in [6.07, 6.45) is 4.63. The number of hydrogen-bond donors (Lipinski definition) is 1. The molecule has 0 aromatic heterocycles. The second kappa shape index (κ2) is 5.52. The van der Waals surface area contributed by atoms with Gasteiger partial charge >= 0.3 is 0 Å². The predicted octanol–water partition coefficient (Wildman–Crippen LogP) is 2.15. The van der Waals surface area contributed by atoms with Crippen LogP contribution in [-0.2, 0) is 17.6 Å². The van der Waals surface area contributed by atoms with Gasteiger partial charge in [-0.05, 0) is 68.7 Å². The van der Waals surface area contributed by atoms with Crippen LogP contribution in [-0.4, -0.2) is 42.1 Å². The number of rotatable bonds is 3. The Kier molecular flexibility index (Phi) is 3.60. The molecule has 0 unspecified atom stereocenters. The van der Waals surface area contributed by atoms with Crippen molar-refractivity contribution in [2.24, 2.45) is 5.92 Å². The van der Waals surface area contributed by atoms with Crippen LogP contribution in [0.15, 0.2) is 18.2 Å². The van der Waals surface area contributed by atoms with E-state index in [4.69, 9.17) is 4.74 Å². The summed E-state index contributed by atoms with van der Waals surface area (Å²) in [5.41, 5.74) is 2.00. The van der Waals surface area contributed by atoms with Crippen LogP contribution in [0.25, 0.3) is 0 Å². The van der Waals surface area contributed by atoms with Crippen LogP contribution < -0.4 is 10.1 Å². The number of hydrogen-bond acceptors (Lipinski definition) is 3. The molecule has 4 nitrogen and oxygen atoms in total. The lowest BCUT2D eigenvalue weighted by atomic mass is 10.0. The molecule has 0 spiro atoms. The SMILES string of the molecule is CC(C)(Oc1ccc2c(c1)CCC2)C(=O)N1CC[C@@H]2CNC[C@@H]21. The smallest absolute Gasteiger partial charge is 0.266 e. The Hall–Kier alpha value is -1.55. The fourth-order valence-electron chi connectivity index (χ4n) is 4.40. The molecule has 2 heterocycles. The highest BCUT2D eigenvalue weighted by molar-refractivity contribution is 5.85.